The van der Waals surface area contributed by atoms with E-state index in [0.29, 0.717) is 18.5 Å². The number of aliphatic imine (C=N–C) groups is 1. The number of aldehydes is 1. The predicted octanol–water partition coefficient (Wildman–Crippen LogP) is -0.122. The maximum absolute atomic E-state index is 13.0. The first-order chi connectivity index (χ1) is 16.1. The van der Waals surface area contributed by atoms with Crippen molar-refractivity contribution in [1.82, 2.24) is 4.98 Å². The summed E-state index contributed by atoms with van der Waals surface area (Å²) in [5, 5.41) is 0. The van der Waals surface area contributed by atoms with E-state index in [1.807, 2.05) is 0 Å². The molecular weight excluding hydrogens is 468 g/mol. The molecule has 182 valence electrons. The number of benzene rings is 1. The SMILES string of the molecule is CC(=O)N(c1c(NS(=O)(=O)c2ccc3c(c2)OCO3)cc[nH]c1=O)[C@H](C=O)CCCN=C(N)N. The van der Waals surface area contributed by atoms with Gasteiger partial charge in [0.05, 0.1) is 16.6 Å². The Morgan fingerprint density at radius 2 is 2.03 bits per heavy atom. The van der Waals surface area contributed by atoms with E-state index >= 15 is 0 Å². The van der Waals surface area contributed by atoms with Crippen LogP contribution in [0.25, 0.3) is 0 Å². The first-order valence-electron chi connectivity index (χ1n) is 10.1. The van der Waals surface area contributed by atoms with Gasteiger partial charge in [0.2, 0.25) is 12.7 Å². The zero-order valence-electron chi connectivity index (χ0n) is 18.2. The van der Waals surface area contributed by atoms with Crippen molar-refractivity contribution in [2.24, 2.45) is 16.5 Å². The second-order valence-electron chi connectivity index (χ2n) is 7.23. The van der Waals surface area contributed by atoms with Crippen molar-refractivity contribution >= 4 is 39.6 Å². The average Bonchev–Trinajstić information content (AvgIpc) is 3.24. The highest BCUT2D eigenvalue weighted by atomic mass is 32.2. The van der Waals surface area contributed by atoms with Crippen molar-refractivity contribution in [3.05, 3.63) is 40.8 Å². The Labute approximate surface area is 194 Å². The molecule has 1 atom stereocenters. The van der Waals surface area contributed by atoms with Crippen molar-refractivity contribution < 1.29 is 27.5 Å². The number of anilines is 2. The smallest absolute Gasteiger partial charge is 0.274 e. The third kappa shape index (κ3) is 5.46. The maximum Gasteiger partial charge on any atom is 0.274 e. The molecule has 2 aromatic rings. The van der Waals surface area contributed by atoms with Gasteiger partial charge in [0.25, 0.3) is 15.6 Å². The molecule has 1 aliphatic heterocycles. The van der Waals surface area contributed by atoms with Crippen LogP contribution in [0.5, 0.6) is 11.5 Å². The topological polar surface area (TPSA) is 199 Å². The Balaban J connectivity index is 1.95. The van der Waals surface area contributed by atoms with Crippen molar-refractivity contribution in [3.8, 4) is 11.5 Å². The monoisotopic (exact) mass is 492 g/mol. The molecule has 1 aliphatic rings. The number of hydrogen-bond acceptors (Lipinski definition) is 8. The van der Waals surface area contributed by atoms with Crippen LogP contribution in [0.3, 0.4) is 0 Å². The number of nitrogens with zero attached hydrogens (tertiary/aromatic N) is 2. The van der Waals surface area contributed by atoms with Crippen molar-refractivity contribution in [2.45, 2.75) is 30.7 Å². The number of nitrogens with one attached hydrogen (secondary N) is 2. The highest BCUT2D eigenvalue weighted by Gasteiger charge is 2.29. The molecule has 1 aromatic carbocycles. The second-order valence-corrected chi connectivity index (χ2v) is 8.91. The fraction of sp³-hybridized carbons (Fsp3) is 0.300. The summed E-state index contributed by atoms with van der Waals surface area (Å²) in [7, 11) is -4.21. The summed E-state index contributed by atoms with van der Waals surface area (Å²) in [6.45, 7) is 1.33. The molecule has 0 fully saturated rings. The summed E-state index contributed by atoms with van der Waals surface area (Å²) in [6.07, 6.45) is 2.17. The number of H-pyrrole nitrogens is 1. The molecule has 34 heavy (non-hydrogen) atoms. The van der Waals surface area contributed by atoms with E-state index in [4.69, 9.17) is 20.9 Å². The van der Waals surface area contributed by atoms with Gasteiger partial charge < -0.3 is 30.7 Å². The molecule has 2 heterocycles. The van der Waals surface area contributed by atoms with Gasteiger partial charge >= 0.3 is 0 Å². The first kappa shape index (κ1) is 24.6. The normalized spacial score (nSPS) is 13.1. The minimum Gasteiger partial charge on any atom is -0.454 e. The summed E-state index contributed by atoms with van der Waals surface area (Å²) in [5.74, 6) is -0.112. The maximum atomic E-state index is 13.0. The molecular formula is C20H24N6O7S. The zero-order chi connectivity index (χ0) is 24.9. The predicted molar refractivity (Wildman–Crippen MR) is 123 cm³/mol. The van der Waals surface area contributed by atoms with Crippen LogP contribution >= 0.6 is 0 Å². The molecule has 1 aromatic heterocycles. The number of amides is 1. The van der Waals surface area contributed by atoms with Crippen LogP contribution in [0.1, 0.15) is 19.8 Å². The van der Waals surface area contributed by atoms with Crippen LogP contribution in [0, 0.1) is 0 Å². The molecule has 13 nitrogen and oxygen atoms in total. The van der Waals surface area contributed by atoms with E-state index in [-0.39, 0.29) is 47.7 Å². The summed E-state index contributed by atoms with van der Waals surface area (Å²) in [4.78, 5) is 44.1. The average molecular weight is 493 g/mol. The fourth-order valence-corrected chi connectivity index (χ4v) is 4.44. The quantitative estimate of drug-likeness (QED) is 0.151. The summed E-state index contributed by atoms with van der Waals surface area (Å²) in [5.41, 5.74) is 9.30. The number of hydrogen-bond donors (Lipinski definition) is 4. The number of aromatic nitrogens is 1. The van der Waals surface area contributed by atoms with Crippen LogP contribution < -0.4 is 36.1 Å². The lowest BCUT2D eigenvalue weighted by Crippen LogP contribution is -2.43. The fourth-order valence-electron chi connectivity index (χ4n) is 3.36. The van der Waals surface area contributed by atoms with Gasteiger partial charge in [-0.3, -0.25) is 24.2 Å². The molecule has 0 aliphatic carbocycles. The Morgan fingerprint density at radius 3 is 2.71 bits per heavy atom. The Hall–Kier alpha value is -4.07. The molecule has 0 bridgehead atoms. The molecule has 0 radical (unpaired) electrons. The van der Waals surface area contributed by atoms with Gasteiger partial charge in [0.15, 0.2) is 17.5 Å². The van der Waals surface area contributed by atoms with Crippen molar-refractivity contribution in [3.63, 3.8) is 0 Å². The van der Waals surface area contributed by atoms with Gasteiger partial charge in [-0.15, -0.1) is 0 Å². The van der Waals surface area contributed by atoms with Crippen LogP contribution in [0.4, 0.5) is 11.4 Å². The van der Waals surface area contributed by atoms with Gasteiger partial charge in [-0.25, -0.2) is 8.42 Å². The van der Waals surface area contributed by atoms with Gasteiger partial charge in [-0.05, 0) is 31.0 Å². The second kappa shape index (κ2) is 10.2. The first-order valence-corrected chi connectivity index (χ1v) is 11.6. The highest BCUT2D eigenvalue weighted by molar-refractivity contribution is 7.92. The largest absolute Gasteiger partial charge is 0.454 e. The number of rotatable bonds is 10. The molecule has 0 unspecified atom stereocenters. The number of fused-ring (bicyclic) bond motifs is 1. The number of pyridine rings is 1. The van der Waals surface area contributed by atoms with Crippen LogP contribution in [-0.4, -0.2) is 50.9 Å². The molecule has 6 N–H and O–H groups in total. The number of aromatic amines is 1. The van der Waals surface area contributed by atoms with E-state index in [2.05, 4.69) is 14.7 Å². The molecule has 1 amide bonds. The Morgan fingerprint density at radius 1 is 1.29 bits per heavy atom. The molecule has 0 spiro atoms. The summed E-state index contributed by atoms with van der Waals surface area (Å²) in [6, 6.07) is 4.24. The minimum absolute atomic E-state index is 0.0334. The third-order valence-electron chi connectivity index (χ3n) is 4.85. The van der Waals surface area contributed by atoms with Gasteiger partial charge in [0.1, 0.15) is 12.0 Å². The van der Waals surface area contributed by atoms with Crippen LogP contribution in [0.2, 0.25) is 0 Å². The molecule has 0 saturated heterocycles. The minimum atomic E-state index is -4.21. The Bertz CT molecular complexity index is 1270. The van der Waals surface area contributed by atoms with E-state index in [1.165, 1.54) is 30.5 Å². The highest BCUT2D eigenvalue weighted by Crippen LogP contribution is 2.35. The number of nitrogens with two attached hydrogens (primary N) is 2. The van der Waals surface area contributed by atoms with E-state index in [9.17, 15) is 22.8 Å². The molecule has 3 rings (SSSR count). The van der Waals surface area contributed by atoms with Gasteiger partial charge in [-0.1, -0.05) is 0 Å². The lowest BCUT2D eigenvalue weighted by Gasteiger charge is -2.28. The van der Waals surface area contributed by atoms with Crippen molar-refractivity contribution in [1.29, 1.82) is 0 Å². The zero-order valence-corrected chi connectivity index (χ0v) is 19.0. The van der Waals surface area contributed by atoms with Gasteiger partial charge in [-0.2, -0.15) is 0 Å². The van der Waals surface area contributed by atoms with Gasteiger partial charge in [0, 0.05) is 25.7 Å². The number of carbonyl (C=O) groups excluding carboxylic acids is 2. The van der Waals surface area contributed by atoms with Crippen LogP contribution in [-0.2, 0) is 19.6 Å². The van der Waals surface area contributed by atoms with Crippen LogP contribution in [0.15, 0.2) is 45.1 Å². The lowest BCUT2D eigenvalue weighted by molar-refractivity contribution is -0.119. The number of ether oxygens (including phenoxy) is 2. The van der Waals surface area contributed by atoms with Crippen molar-refractivity contribution in [2.75, 3.05) is 23.0 Å². The number of guanidine groups is 1. The summed E-state index contributed by atoms with van der Waals surface area (Å²) < 4.78 is 38.8. The molecule has 0 saturated carbocycles. The molecule has 14 heteroatoms. The lowest BCUT2D eigenvalue weighted by atomic mass is 10.1. The van der Waals surface area contributed by atoms with E-state index in [0.717, 1.165) is 11.8 Å². The third-order valence-corrected chi connectivity index (χ3v) is 6.22. The number of carbonyl (C=O) groups is 2. The Kier molecular flexibility index (Phi) is 7.40. The standard InChI is InChI=1S/C20H24N6O7S/c1-12(28)26(13(10-27)3-2-7-24-20(21)22)18-15(6-8-23-19(18)29)25-34(30,31)14-4-5-16-17(9-14)33-11-32-16/h4-6,8-10,13H,2-3,7,11H2,1H3,(H4,21,22,24)(H2,23,25,29)/t13-/m0/s1. The number of sulfonamides is 1. The van der Waals surface area contributed by atoms with E-state index < -0.39 is 27.5 Å². The summed E-state index contributed by atoms with van der Waals surface area (Å²) >= 11 is 0. The van der Waals surface area contributed by atoms with E-state index in [1.54, 1.807) is 0 Å².